The first-order valence-electron chi connectivity index (χ1n) is 11.0. The van der Waals surface area contributed by atoms with Crippen molar-refractivity contribution in [3.05, 3.63) is 42.0 Å². The molecule has 2 saturated carbocycles. The molecule has 2 aliphatic rings. The van der Waals surface area contributed by atoms with E-state index in [0.717, 1.165) is 18.4 Å². The molecule has 5 nitrogen and oxygen atoms in total. The van der Waals surface area contributed by atoms with Crippen molar-refractivity contribution < 1.29 is 24.2 Å². The zero-order valence-electron chi connectivity index (χ0n) is 18.4. The normalized spacial score (nSPS) is 33.9. The molecule has 0 spiro atoms. The predicted octanol–water partition coefficient (Wildman–Crippen LogP) is 4.24. The molecule has 164 valence electrons. The molecular weight excluding hydrogens is 380 g/mol. The van der Waals surface area contributed by atoms with Crippen molar-refractivity contribution in [1.29, 1.82) is 0 Å². The highest BCUT2D eigenvalue weighted by molar-refractivity contribution is 5.87. The molecule has 1 N–H and O–H groups in total. The average Bonchev–Trinajstić information content (AvgIpc) is 2.73. The second-order valence-electron chi connectivity index (χ2n) is 9.35. The molecule has 1 aromatic carbocycles. The first-order chi connectivity index (χ1) is 14.3. The zero-order valence-corrected chi connectivity index (χ0v) is 18.4. The van der Waals surface area contributed by atoms with E-state index in [1.807, 2.05) is 37.3 Å². The Morgan fingerprint density at radius 2 is 1.87 bits per heavy atom. The molecule has 5 heteroatoms. The van der Waals surface area contributed by atoms with Gasteiger partial charge in [-0.2, -0.15) is 0 Å². The molecule has 0 amide bonds. The minimum Gasteiger partial charge on any atom is -0.469 e. The van der Waals surface area contributed by atoms with Crippen LogP contribution in [-0.4, -0.2) is 36.4 Å². The summed E-state index contributed by atoms with van der Waals surface area (Å²) in [6.07, 6.45) is 5.01. The minimum atomic E-state index is -0.516. The smallest absolute Gasteiger partial charge is 0.331 e. The molecule has 2 fully saturated rings. The largest absolute Gasteiger partial charge is 0.469 e. The Morgan fingerprint density at radius 1 is 1.17 bits per heavy atom. The lowest BCUT2D eigenvalue weighted by Gasteiger charge is -2.56. The van der Waals surface area contributed by atoms with Crippen LogP contribution in [0.3, 0.4) is 0 Å². The molecule has 0 aliphatic heterocycles. The first kappa shape index (κ1) is 22.5. The molecule has 30 heavy (non-hydrogen) atoms. The Hall–Kier alpha value is -2.14. The van der Waals surface area contributed by atoms with Crippen molar-refractivity contribution in [3.63, 3.8) is 0 Å². The van der Waals surface area contributed by atoms with Gasteiger partial charge in [0.1, 0.15) is 6.10 Å². The van der Waals surface area contributed by atoms with Gasteiger partial charge in [-0.25, -0.2) is 4.79 Å². The van der Waals surface area contributed by atoms with Crippen LogP contribution >= 0.6 is 0 Å². The van der Waals surface area contributed by atoms with Crippen molar-refractivity contribution >= 4 is 18.0 Å². The summed E-state index contributed by atoms with van der Waals surface area (Å²) in [5.41, 5.74) is 0.445. The third kappa shape index (κ3) is 4.46. The third-order valence-corrected chi connectivity index (χ3v) is 7.32. The molecule has 6 unspecified atom stereocenters. The van der Waals surface area contributed by atoms with Crippen LogP contribution < -0.4 is 0 Å². The van der Waals surface area contributed by atoms with Crippen LogP contribution in [0.2, 0.25) is 0 Å². The van der Waals surface area contributed by atoms with E-state index in [0.29, 0.717) is 18.8 Å². The van der Waals surface area contributed by atoms with E-state index in [4.69, 9.17) is 9.47 Å². The van der Waals surface area contributed by atoms with Crippen LogP contribution in [0.4, 0.5) is 0 Å². The quantitative estimate of drug-likeness (QED) is 0.576. The number of esters is 2. The Morgan fingerprint density at radius 3 is 2.50 bits per heavy atom. The van der Waals surface area contributed by atoms with Crippen LogP contribution in [0.15, 0.2) is 36.4 Å². The molecular formula is C25H34O5. The molecule has 0 bridgehead atoms. The van der Waals surface area contributed by atoms with Crippen LogP contribution in [0.1, 0.15) is 52.0 Å². The van der Waals surface area contributed by atoms with Crippen LogP contribution in [0, 0.1) is 29.1 Å². The van der Waals surface area contributed by atoms with Crippen molar-refractivity contribution in [2.24, 2.45) is 29.1 Å². The number of ether oxygens (including phenoxy) is 2. The predicted molar refractivity (Wildman–Crippen MR) is 115 cm³/mol. The first-order valence-corrected chi connectivity index (χ1v) is 11.0. The highest BCUT2D eigenvalue weighted by atomic mass is 16.5. The summed E-state index contributed by atoms with van der Waals surface area (Å²) in [6.45, 7) is 6.29. The fraction of sp³-hybridized carbons (Fsp3) is 0.600. The van der Waals surface area contributed by atoms with Gasteiger partial charge in [0.2, 0.25) is 0 Å². The summed E-state index contributed by atoms with van der Waals surface area (Å²) in [5, 5.41) is 10.9. The number of carbonyl (C=O) groups excluding carboxylic acids is 2. The summed E-state index contributed by atoms with van der Waals surface area (Å²) in [7, 11) is 1.40. The van der Waals surface area contributed by atoms with Crippen molar-refractivity contribution in [3.8, 4) is 0 Å². The van der Waals surface area contributed by atoms with E-state index in [1.165, 1.54) is 13.2 Å². The number of aliphatic hydroxyl groups excluding tert-OH is 1. The van der Waals surface area contributed by atoms with Gasteiger partial charge >= 0.3 is 11.9 Å². The lowest BCUT2D eigenvalue weighted by atomic mass is 9.51. The van der Waals surface area contributed by atoms with Gasteiger partial charge < -0.3 is 14.6 Å². The van der Waals surface area contributed by atoms with Gasteiger partial charge in [-0.15, -0.1) is 0 Å². The highest BCUT2D eigenvalue weighted by Crippen LogP contribution is 2.56. The van der Waals surface area contributed by atoms with Crippen LogP contribution in [0.25, 0.3) is 6.08 Å². The maximum absolute atomic E-state index is 12.8. The lowest BCUT2D eigenvalue weighted by Crippen LogP contribution is -2.59. The van der Waals surface area contributed by atoms with Gasteiger partial charge in [-0.05, 0) is 49.2 Å². The van der Waals surface area contributed by atoms with Gasteiger partial charge in [0.15, 0.2) is 0 Å². The van der Waals surface area contributed by atoms with Gasteiger partial charge in [0, 0.05) is 17.4 Å². The third-order valence-electron chi connectivity index (χ3n) is 7.32. The number of benzene rings is 1. The minimum absolute atomic E-state index is 0.134. The number of hydrogen-bond donors (Lipinski definition) is 1. The van der Waals surface area contributed by atoms with E-state index in [-0.39, 0.29) is 23.7 Å². The van der Waals surface area contributed by atoms with Crippen LogP contribution in [0.5, 0.6) is 0 Å². The van der Waals surface area contributed by atoms with E-state index in [1.54, 1.807) is 6.08 Å². The summed E-state index contributed by atoms with van der Waals surface area (Å²) < 4.78 is 11.1. The van der Waals surface area contributed by atoms with Crippen molar-refractivity contribution in [1.82, 2.24) is 0 Å². The second-order valence-corrected chi connectivity index (χ2v) is 9.35. The number of aliphatic hydroxyl groups is 1. The Bertz CT molecular complexity index is 771. The summed E-state index contributed by atoms with van der Waals surface area (Å²) in [5.74, 6) is -0.895. The lowest BCUT2D eigenvalue weighted by molar-refractivity contribution is -0.198. The summed E-state index contributed by atoms with van der Waals surface area (Å²) in [6, 6.07) is 9.59. The summed E-state index contributed by atoms with van der Waals surface area (Å²) >= 11 is 0. The molecule has 0 aromatic heterocycles. The molecule has 6 atom stereocenters. The summed E-state index contributed by atoms with van der Waals surface area (Å²) in [4.78, 5) is 25.4. The van der Waals surface area contributed by atoms with E-state index in [9.17, 15) is 14.7 Å². The topological polar surface area (TPSA) is 72.8 Å². The second kappa shape index (κ2) is 9.34. The van der Waals surface area contributed by atoms with Gasteiger partial charge in [0.25, 0.3) is 0 Å². The Labute approximate surface area is 179 Å². The monoisotopic (exact) mass is 414 g/mol. The van der Waals surface area contributed by atoms with Gasteiger partial charge in [-0.1, -0.05) is 51.1 Å². The van der Waals surface area contributed by atoms with E-state index < -0.39 is 23.6 Å². The molecule has 0 saturated heterocycles. The Balaban J connectivity index is 1.90. The van der Waals surface area contributed by atoms with Crippen LogP contribution in [-0.2, 0) is 19.1 Å². The van der Waals surface area contributed by atoms with E-state index in [2.05, 4.69) is 13.8 Å². The number of hydrogen-bond acceptors (Lipinski definition) is 5. The van der Waals surface area contributed by atoms with Gasteiger partial charge in [-0.3, -0.25) is 4.79 Å². The zero-order chi connectivity index (χ0) is 21.9. The molecule has 3 rings (SSSR count). The Kier molecular flexibility index (Phi) is 7.02. The standard InChI is InChI=1S/C25H34O5/c1-16(2)18-14-15-25(3)20(26)12-11-19(24(28)29-4)22(25)23(18)30-21(27)13-10-17-8-6-5-7-9-17/h5-10,13,16,18-20,22-23,26H,11-12,14-15H2,1-4H3. The number of fused-ring (bicyclic) bond motifs is 1. The highest BCUT2D eigenvalue weighted by Gasteiger charge is 2.58. The number of methoxy groups -OCH3 is 1. The maximum atomic E-state index is 12.8. The number of rotatable bonds is 5. The van der Waals surface area contributed by atoms with Gasteiger partial charge in [0.05, 0.1) is 19.1 Å². The number of carbonyl (C=O) groups is 2. The molecule has 0 heterocycles. The average molecular weight is 415 g/mol. The van der Waals surface area contributed by atoms with Crippen molar-refractivity contribution in [2.45, 2.75) is 58.7 Å². The molecule has 0 radical (unpaired) electrons. The fourth-order valence-corrected chi connectivity index (χ4v) is 5.57. The fourth-order valence-electron chi connectivity index (χ4n) is 5.57. The van der Waals surface area contributed by atoms with Crippen molar-refractivity contribution in [2.75, 3.05) is 7.11 Å². The maximum Gasteiger partial charge on any atom is 0.331 e. The molecule has 1 aromatic rings. The molecule has 2 aliphatic carbocycles. The van der Waals surface area contributed by atoms with E-state index >= 15 is 0 Å². The SMILES string of the molecule is COC(=O)C1CCC(O)C2(C)CCC(C(C)C)C(OC(=O)C=Cc3ccccc3)C12.